The van der Waals surface area contributed by atoms with Crippen LogP contribution in [0.4, 0.5) is 4.39 Å². The second-order valence-corrected chi connectivity index (χ2v) is 4.33. The van der Waals surface area contributed by atoms with Crippen LogP contribution in [-0.4, -0.2) is 18.9 Å². The molecule has 1 aliphatic heterocycles. The maximum atomic E-state index is 14.0. The van der Waals surface area contributed by atoms with E-state index in [2.05, 4.69) is 0 Å². The molecule has 11 heavy (non-hydrogen) atoms. The number of alkyl halides is 1. The fraction of sp³-hybridized carbons (Fsp3) is 1.00. The average Bonchev–Trinajstić information content (AvgIpc) is 1.87. The van der Waals surface area contributed by atoms with E-state index in [1.54, 1.807) is 0 Å². The van der Waals surface area contributed by atoms with Crippen LogP contribution < -0.4 is 0 Å². The van der Waals surface area contributed by atoms with Crippen molar-refractivity contribution in [2.45, 2.75) is 39.3 Å². The van der Waals surface area contributed by atoms with E-state index >= 15 is 0 Å². The van der Waals surface area contributed by atoms with Gasteiger partial charge in [0.25, 0.3) is 0 Å². The van der Waals surface area contributed by atoms with Crippen LogP contribution in [0.5, 0.6) is 0 Å². The molecule has 0 radical (unpaired) electrons. The summed E-state index contributed by atoms with van der Waals surface area (Å²) < 4.78 is 19.1. The van der Waals surface area contributed by atoms with Gasteiger partial charge in [-0.25, -0.2) is 4.39 Å². The first kappa shape index (κ1) is 8.98. The van der Waals surface area contributed by atoms with Crippen LogP contribution in [0.15, 0.2) is 0 Å². The van der Waals surface area contributed by atoms with Crippen LogP contribution >= 0.6 is 0 Å². The third-order valence-corrected chi connectivity index (χ3v) is 2.63. The Bertz CT molecular complexity index is 131. The summed E-state index contributed by atoms with van der Waals surface area (Å²) in [6.45, 7) is 7.02. The molecule has 1 rings (SSSR count). The number of halogens is 1. The van der Waals surface area contributed by atoms with Gasteiger partial charge in [0.15, 0.2) is 0 Å². The quantitative estimate of drug-likeness (QED) is 0.529. The maximum absolute atomic E-state index is 14.0. The zero-order valence-corrected chi connectivity index (χ0v) is 7.61. The Labute approximate surface area is 67.9 Å². The van der Waals surface area contributed by atoms with E-state index < -0.39 is 5.67 Å². The minimum atomic E-state index is -1.01. The van der Waals surface area contributed by atoms with Gasteiger partial charge < -0.3 is 4.74 Å². The molecule has 0 amide bonds. The first-order valence-electron chi connectivity index (χ1n) is 4.22. The molecule has 0 aliphatic carbocycles. The van der Waals surface area contributed by atoms with Gasteiger partial charge in [-0.05, 0) is 5.41 Å². The molecule has 66 valence electrons. The van der Waals surface area contributed by atoms with Crippen LogP contribution in [0.1, 0.15) is 33.6 Å². The standard InChI is InChI=1S/C9H17FO/c1-8(2,3)9(10)4-6-11-7-5-9/h4-7H2,1-3H3. The molecule has 1 fully saturated rings. The van der Waals surface area contributed by atoms with E-state index in [0.29, 0.717) is 26.1 Å². The molecule has 0 saturated carbocycles. The van der Waals surface area contributed by atoms with Gasteiger partial charge in [-0.1, -0.05) is 20.8 Å². The molecule has 1 aliphatic rings. The summed E-state index contributed by atoms with van der Waals surface area (Å²) in [7, 11) is 0. The van der Waals surface area contributed by atoms with Gasteiger partial charge in [-0.3, -0.25) is 0 Å². The predicted molar refractivity (Wildman–Crippen MR) is 43.3 cm³/mol. The lowest BCUT2D eigenvalue weighted by molar-refractivity contribution is -0.0693. The second-order valence-electron chi connectivity index (χ2n) is 4.33. The Morgan fingerprint density at radius 3 is 1.91 bits per heavy atom. The van der Waals surface area contributed by atoms with Gasteiger partial charge in [-0.15, -0.1) is 0 Å². The zero-order chi connectivity index (χ0) is 8.54. The molecule has 2 heteroatoms. The lowest BCUT2D eigenvalue weighted by atomic mass is 9.73. The van der Waals surface area contributed by atoms with Gasteiger partial charge in [0, 0.05) is 26.1 Å². The van der Waals surface area contributed by atoms with Crippen LogP contribution in [0.25, 0.3) is 0 Å². The molecule has 0 N–H and O–H groups in total. The molecule has 0 aromatic carbocycles. The summed E-state index contributed by atoms with van der Waals surface area (Å²) in [5.74, 6) is 0. The van der Waals surface area contributed by atoms with E-state index in [0.717, 1.165) is 0 Å². The van der Waals surface area contributed by atoms with Gasteiger partial charge in [0.05, 0.1) is 0 Å². The normalized spacial score (nSPS) is 25.1. The molecule has 0 aromatic heterocycles. The zero-order valence-electron chi connectivity index (χ0n) is 7.61. The fourth-order valence-electron chi connectivity index (χ4n) is 1.44. The Morgan fingerprint density at radius 1 is 1.18 bits per heavy atom. The molecular weight excluding hydrogens is 143 g/mol. The van der Waals surface area contributed by atoms with E-state index in [1.807, 2.05) is 20.8 Å². The number of hydrogen-bond donors (Lipinski definition) is 0. The minimum absolute atomic E-state index is 0.239. The highest BCUT2D eigenvalue weighted by molar-refractivity contribution is 4.92. The van der Waals surface area contributed by atoms with Crippen molar-refractivity contribution in [3.8, 4) is 0 Å². The molecule has 0 spiro atoms. The second kappa shape index (κ2) is 2.74. The third-order valence-electron chi connectivity index (χ3n) is 2.63. The smallest absolute Gasteiger partial charge is 0.120 e. The fourth-order valence-corrected chi connectivity index (χ4v) is 1.44. The summed E-state index contributed by atoms with van der Waals surface area (Å²) in [6.07, 6.45) is 1.10. The SMILES string of the molecule is CC(C)(C)C1(F)CCOCC1. The van der Waals surface area contributed by atoms with Crippen LogP contribution in [0, 0.1) is 5.41 Å². The molecule has 0 unspecified atom stereocenters. The molecule has 0 atom stereocenters. The number of ether oxygens (including phenoxy) is 1. The van der Waals surface area contributed by atoms with Gasteiger partial charge >= 0.3 is 0 Å². The van der Waals surface area contributed by atoms with E-state index in [9.17, 15) is 4.39 Å². The monoisotopic (exact) mass is 160 g/mol. The van der Waals surface area contributed by atoms with Crippen molar-refractivity contribution < 1.29 is 9.13 Å². The van der Waals surface area contributed by atoms with Crippen LogP contribution in [-0.2, 0) is 4.74 Å². The van der Waals surface area contributed by atoms with Gasteiger partial charge in [-0.2, -0.15) is 0 Å². The van der Waals surface area contributed by atoms with Crippen molar-refractivity contribution in [3.05, 3.63) is 0 Å². The highest BCUT2D eigenvalue weighted by Gasteiger charge is 2.43. The molecule has 0 bridgehead atoms. The van der Waals surface area contributed by atoms with Crippen molar-refractivity contribution in [1.82, 2.24) is 0 Å². The Hall–Kier alpha value is -0.110. The summed E-state index contributed by atoms with van der Waals surface area (Å²) in [5, 5.41) is 0. The Balaban J connectivity index is 2.64. The van der Waals surface area contributed by atoms with Crippen molar-refractivity contribution >= 4 is 0 Å². The lowest BCUT2D eigenvalue weighted by Gasteiger charge is -2.40. The first-order chi connectivity index (χ1) is 4.96. The largest absolute Gasteiger partial charge is 0.381 e. The predicted octanol–water partition coefficient (Wildman–Crippen LogP) is 2.55. The van der Waals surface area contributed by atoms with E-state index in [4.69, 9.17) is 4.74 Å². The van der Waals surface area contributed by atoms with Gasteiger partial charge in [0.2, 0.25) is 0 Å². The number of rotatable bonds is 0. The van der Waals surface area contributed by atoms with E-state index in [1.165, 1.54) is 0 Å². The maximum Gasteiger partial charge on any atom is 0.120 e. The number of hydrogen-bond acceptors (Lipinski definition) is 1. The lowest BCUT2D eigenvalue weighted by Crippen LogP contribution is -2.43. The molecule has 0 aromatic rings. The molecule has 1 saturated heterocycles. The molecule has 1 heterocycles. The van der Waals surface area contributed by atoms with Gasteiger partial charge in [0.1, 0.15) is 5.67 Å². The summed E-state index contributed by atoms with van der Waals surface area (Å²) in [6, 6.07) is 0. The Kier molecular flexibility index (Phi) is 2.24. The third kappa shape index (κ3) is 1.73. The van der Waals surface area contributed by atoms with Crippen molar-refractivity contribution in [2.24, 2.45) is 5.41 Å². The highest BCUT2D eigenvalue weighted by atomic mass is 19.1. The van der Waals surface area contributed by atoms with Crippen molar-refractivity contribution in [1.29, 1.82) is 0 Å². The van der Waals surface area contributed by atoms with Crippen molar-refractivity contribution in [3.63, 3.8) is 0 Å². The topological polar surface area (TPSA) is 9.23 Å². The minimum Gasteiger partial charge on any atom is -0.381 e. The molecular formula is C9H17FO. The summed E-state index contributed by atoms with van der Waals surface area (Å²) in [4.78, 5) is 0. The average molecular weight is 160 g/mol. The summed E-state index contributed by atoms with van der Waals surface area (Å²) in [5.41, 5.74) is -1.25. The highest BCUT2D eigenvalue weighted by Crippen LogP contribution is 2.41. The van der Waals surface area contributed by atoms with Crippen molar-refractivity contribution in [2.75, 3.05) is 13.2 Å². The summed E-state index contributed by atoms with van der Waals surface area (Å²) >= 11 is 0. The molecule has 1 nitrogen and oxygen atoms in total. The Morgan fingerprint density at radius 2 is 1.64 bits per heavy atom. The van der Waals surface area contributed by atoms with Crippen LogP contribution in [0.2, 0.25) is 0 Å². The van der Waals surface area contributed by atoms with E-state index in [-0.39, 0.29) is 5.41 Å². The first-order valence-corrected chi connectivity index (χ1v) is 4.22. The van der Waals surface area contributed by atoms with Crippen LogP contribution in [0.3, 0.4) is 0 Å².